The zero-order valence-electron chi connectivity index (χ0n) is 12.4. The van der Waals surface area contributed by atoms with E-state index in [9.17, 15) is 9.90 Å². The Balaban J connectivity index is 2.10. The summed E-state index contributed by atoms with van der Waals surface area (Å²) in [4.78, 5) is 14.2. The molecule has 0 aromatic heterocycles. The summed E-state index contributed by atoms with van der Waals surface area (Å²) in [5.74, 6) is 1.16. The van der Waals surface area contributed by atoms with Crippen molar-refractivity contribution < 1.29 is 14.6 Å². The van der Waals surface area contributed by atoms with Crippen LogP contribution in [-0.4, -0.2) is 36.1 Å². The minimum Gasteiger partial charge on any atom is -0.507 e. The van der Waals surface area contributed by atoms with E-state index in [4.69, 9.17) is 4.74 Å². The van der Waals surface area contributed by atoms with Crippen LogP contribution in [0.15, 0.2) is 18.2 Å². The molecular weight excluding hydrogens is 254 g/mol. The molecule has 110 valence electrons. The van der Waals surface area contributed by atoms with Gasteiger partial charge in [0.05, 0.1) is 12.7 Å². The fourth-order valence-electron chi connectivity index (χ4n) is 2.80. The lowest BCUT2D eigenvalue weighted by Crippen LogP contribution is -2.39. The summed E-state index contributed by atoms with van der Waals surface area (Å²) in [6.07, 6.45) is 4.41. The van der Waals surface area contributed by atoms with Gasteiger partial charge in [-0.1, -0.05) is 6.92 Å². The molecule has 1 aromatic carbocycles. The highest BCUT2D eigenvalue weighted by Crippen LogP contribution is 2.29. The molecule has 1 N–H and O–H groups in total. The average Bonchev–Trinajstić information content (AvgIpc) is 2.46. The largest absolute Gasteiger partial charge is 0.507 e. The number of aromatic hydroxyl groups is 1. The summed E-state index contributed by atoms with van der Waals surface area (Å²) in [6.45, 7) is 2.26. The monoisotopic (exact) mass is 277 g/mol. The Kier molecular flexibility index (Phi) is 4.53. The van der Waals surface area contributed by atoms with E-state index in [1.54, 1.807) is 17.0 Å². The lowest BCUT2D eigenvalue weighted by molar-refractivity contribution is 0.0676. The minimum atomic E-state index is -0.121. The molecule has 1 fully saturated rings. The predicted octanol–water partition coefficient (Wildman–Crippen LogP) is 3.05. The van der Waals surface area contributed by atoms with Crippen LogP contribution < -0.4 is 4.74 Å². The van der Waals surface area contributed by atoms with Gasteiger partial charge < -0.3 is 14.7 Å². The third kappa shape index (κ3) is 3.06. The molecule has 0 unspecified atom stereocenters. The number of hydrogen-bond donors (Lipinski definition) is 1. The van der Waals surface area contributed by atoms with E-state index in [0.29, 0.717) is 11.3 Å². The molecule has 1 aliphatic rings. The molecule has 1 amide bonds. The van der Waals surface area contributed by atoms with Crippen molar-refractivity contribution in [2.24, 2.45) is 5.92 Å². The van der Waals surface area contributed by atoms with E-state index >= 15 is 0 Å². The van der Waals surface area contributed by atoms with Gasteiger partial charge in [0.2, 0.25) is 0 Å². The molecule has 1 aromatic rings. The van der Waals surface area contributed by atoms with Crippen LogP contribution in [0.25, 0.3) is 0 Å². The van der Waals surface area contributed by atoms with Crippen molar-refractivity contribution in [1.29, 1.82) is 0 Å². The maximum absolute atomic E-state index is 12.5. The van der Waals surface area contributed by atoms with Crippen molar-refractivity contribution >= 4 is 5.91 Å². The van der Waals surface area contributed by atoms with Gasteiger partial charge in [-0.05, 0) is 43.7 Å². The van der Waals surface area contributed by atoms with E-state index < -0.39 is 0 Å². The Hall–Kier alpha value is -1.71. The fourth-order valence-corrected chi connectivity index (χ4v) is 2.80. The number of hydrogen-bond acceptors (Lipinski definition) is 3. The maximum atomic E-state index is 12.5. The number of phenolic OH excluding ortho intramolecular Hbond substituents is 1. The number of rotatable bonds is 3. The summed E-state index contributed by atoms with van der Waals surface area (Å²) in [5.41, 5.74) is 0.340. The molecule has 1 aliphatic carbocycles. The number of nitrogens with zero attached hydrogens (tertiary/aromatic N) is 1. The van der Waals surface area contributed by atoms with E-state index in [2.05, 4.69) is 6.92 Å². The number of methoxy groups -OCH3 is 1. The topological polar surface area (TPSA) is 49.8 Å². The molecular formula is C16H23NO3. The Morgan fingerprint density at radius 3 is 2.50 bits per heavy atom. The molecule has 0 saturated heterocycles. The SMILES string of the molecule is COc1ccc(C(=O)N(C)C2CCC(C)CC2)c(O)c1. The molecule has 0 heterocycles. The van der Waals surface area contributed by atoms with Crippen molar-refractivity contribution in [3.8, 4) is 11.5 Å². The van der Waals surface area contributed by atoms with Gasteiger partial charge in [-0.25, -0.2) is 0 Å². The molecule has 20 heavy (non-hydrogen) atoms. The zero-order valence-corrected chi connectivity index (χ0v) is 12.4. The van der Waals surface area contributed by atoms with Gasteiger partial charge in [-0.15, -0.1) is 0 Å². The van der Waals surface area contributed by atoms with Crippen LogP contribution in [0.5, 0.6) is 11.5 Å². The van der Waals surface area contributed by atoms with Crippen molar-refractivity contribution in [3.05, 3.63) is 23.8 Å². The van der Waals surface area contributed by atoms with Crippen LogP contribution >= 0.6 is 0 Å². The molecule has 1 saturated carbocycles. The average molecular weight is 277 g/mol. The smallest absolute Gasteiger partial charge is 0.257 e. The van der Waals surface area contributed by atoms with E-state index in [-0.39, 0.29) is 17.7 Å². The fraction of sp³-hybridized carbons (Fsp3) is 0.562. The summed E-state index contributed by atoms with van der Waals surface area (Å²) >= 11 is 0. The van der Waals surface area contributed by atoms with Crippen LogP contribution in [0.4, 0.5) is 0 Å². The van der Waals surface area contributed by atoms with Gasteiger partial charge in [-0.2, -0.15) is 0 Å². The van der Waals surface area contributed by atoms with Crippen LogP contribution in [-0.2, 0) is 0 Å². The van der Waals surface area contributed by atoms with Crippen molar-refractivity contribution in [3.63, 3.8) is 0 Å². The number of phenols is 1. The quantitative estimate of drug-likeness (QED) is 0.923. The van der Waals surface area contributed by atoms with Crippen LogP contribution in [0.2, 0.25) is 0 Å². The first kappa shape index (κ1) is 14.7. The standard InChI is InChI=1S/C16H23NO3/c1-11-4-6-12(7-5-11)17(2)16(19)14-9-8-13(20-3)10-15(14)18/h8-12,18H,4-7H2,1-3H3. The second-order valence-corrected chi connectivity index (χ2v) is 5.71. The molecule has 4 nitrogen and oxygen atoms in total. The van der Waals surface area contributed by atoms with Gasteiger partial charge in [0.1, 0.15) is 11.5 Å². The zero-order chi connectivity index (χ0) is 14.7. The van der Waals surface area contributed by atoms with Gasteiger partial charge >= 0.3 is 0 Å². The second kappa shape index (κ2) is 6.16. The number of carbonyl (C=O) groups excluding carboxylic acids is 1. The predicted molar refractivity (Wildman–Crippen MR) is 78.2 cm³/mol. The Bertz CT molecular complexity index is 479. The van der Waals surface area contributed by atoms with E-state index in [0.717, 1.165) is 31.6 Å². The van der Waals surface area contributed by atoms with Crippen LogP contribution in [0.3, 0.4) is 0 Å². The molecule has 0 bridgehead atoms. The number of amides is 1. The van der Waals surface area contributed by atoms with E-state index in [1.807, 2.05) is 7.05 Å². The Morgan fingerprint density at radius 1 is 1.30 bits per heavy atom. The first-order valence-electron chi connectivity index (χ1n) is 7.17. The second-order valence-electron chi connectivity index (χ2n) is 5.71. The van der Waals surface area contributed by atoms with Crippen molar-refractivity contribution in [2.75, 3.05) is 14.2 Å². The summed E-state index contributed by atoms with van der Waals surface area (Å²) < 4.78 is 5.03. The maximum Gasteiger partial charge on any atom is 0.257 e. The third-order valence-electron chi connectivity index (χ3n) is 4.29. The normalized spacial score (nSPS) is 22.4. The van der Waals surface area contributed by atoms with Crippen molar-refractivity contribution in [2.45, 2.75) is 38.6 Å². The Morgan fingerprint density at radius 2 is 1.95 bits per heavy atom. The van der Waals surface area contributed by atoms with E-state index in [1.165, 1.54) is 13.2 Å². The van der Waals surface area contributed by atoms with Gasteiger partial charge in [0.25, 0.3) is 5.91 Å². The van der Waals surface area contributed by atoms with Crippen LogP contribution in [0.1, 0.15) is 43.0 Å². The molecule has 0 aliphatic heterocycles. The number of benzene rings is 1. The van der Waals surface area contributed by atoms with Gasteiger partial charge in [0.15, 0.2) is 0 Å². The third-order valence-corrected chi connectivity index (χ3v) is 4.29. The highest BCUT2D eigenvalue weighted by atomic mass is 16.5. The van der Waals surface area contributed by atoms with Gasteiger partial charge in [-0.3, -0.25) is 4.79 Å². The molecule has 2 rings (SSSR count). The highest BCUT2D eigenvalue weighted by molar-refractivity contribution is 5.97. The van der Waals surface area contributed by atoms with Crippen LogP contribution in [0, 0.1) is 5.92 Å². The number of ether oxygens (including phenoxy) is 1. The van der Waals surface area contributed by atoms with Gasteiger partial charge in [0, 0.05) is 19.2 Å². The summed E-state index contributed by atoms with van der Waals surface area (Å²) in [5, 5.41) is 9.95. The lowest BCUT2D eigenvalue weighted by atomic mass is 9.86. The Labute approximate surface area is 120 Å². The molecule has 0 atom stereocenters. The molecule has 4 heteroatoms. The van der Waals surface area contributed by atoms with Crippen molar-refractivity contribution in [1.82, 2.24) is 4.90 Å². The highest BCUT2D eigenvalue weighted by Gasteiger charge is 2.26. The minimum absolute atomic E-state index is 0.0228. The first-order valence-corrected chi connectivity index (χ1v) is 7.17. The molecule has 0 spiro atoms. The summed E-state index contributed by atoms with van der Waals surface area (Å²) in [6, 6.07) is 5.08. The number of carbonyl (C=O) groups is 1. The summed E-state index contributed by atoms with van der Waals surface area (Å²) in [7, 11) is 3.36. The molecule has 0 radical (unpaired) electrons. The first-order chi connectivity index (χ1) is 9.52. The lowest BCUT2D eigenvalue weighted by Gasteiger charge is -2.33.